The number of hydrogen-bond acceptors (Lipinski definition) is 4. The number of amides is 1. The Hall–Kier alpha value is -3.42. The van der Waals surface area contributed by atoms with Gasteiger partial charge in [-0.15, -0.1) is 0 Å². The third-order valence-corrected chi connectivity index (χ3v) is 5.28. The summed E-state index contributed by atoms with van der Waals surface area (Å²) in [5.74, 6) is -0.393. The molecule has 150 valence electrons. The fourth-order valence-corrected chi connectivity index (χ4v) is 3.84. The highest BCUT2D eigenvalue weighted by Crippen LogP contribution is 2.31. The number of para-hydroxylation sites is 1. The predicted molar refractivity (Wildman–Crippen MR) is 108 cm³/mol. The summed E-state index contributed by atoms with van der Waals surface area (Å²) in [5.41, 5.74) is 1.58. The number of fused-ring (bicyclic) bond motifs is 1. The van der Waals surface area contributed by atoms with E-state index in [1.165, 1.54) is 13.2 Å². The quantitative estimate of drug-likeness (QED) is 0.714. The number of rotatable bonds is 2. The molecule has 1 aromatic carbocycles. The molecule has 3 heterocycles. The highest BCUT2D eigenvalue weighted by Gasteiger charge is 2.34. The molecule has 0 bridgehead atoms. The predicted octanol–water partition coefficient (Wildman–Crippen LogP) is 1.48. The summed E-state index contributed by atoms with van der Waals surface area (Å²) < 4.78 is 2.83. The van der Waals surface area contributed by atoms with Crippen molar-refractivity contribution in [1.29, 1.82) is 0 Å². The molecule has 0 aliphatic carbocycles. The van der Waals surface area contributed by atoms with Crippen molar-refractivity contribution < 1.29 is 4.79 Å². The maximum Gasteiger partial charge on any atom is 0.328 e. The monoisotopic (exact) mass is 393 g/mol. The van der Waals surface area contributed by atoms with E-state index in [0.29, 0.717) is 13.1 Å². The Kier molecular flexibility index (Phi) is 4.49. The first-order valence-corrected chi connectivity index (χ1v) is 9.46. The van der Waals surface area contributed by atoms with Gasteiger partial charge in [0.15, 0.2) is 0 Å². The van der Waals surface area contributed by atoms with E-state index in [1.807, 2.05) is 35.0 Å². The molecule has 8 heteroatoms. The van der Waals surface area contributed by atoms with Crippen molar-refractivity contribution in [1.82, 2.24) is 24.2 Å². The summed E-state index contributed by atoms with van der Waals surface area (Å²) in [7, 11) is 1.35. The van der Waals surface area contributed by atoms with Crippen LogP contribution in [0.1, 0.15) is 35.5 Å². The van der Waals surface area contributed by atoms with Crippen LogP contribution in [0, 0.1) is 5.41 Å². The molecule has 1 aliphatic heterocycles. The third kappa shape index (κ3) is 3.41. The van der Waals surface area contributed by atoms with Crippen LogP contribution in [0.5, 0.6) is 0 Å². The number of hydrogen-bond donors (Lipinski definition) is 1. The molecule has 1 amide bonds. The van der Waals surface area contributed by atoms with Crippen molar-refractivity contribution in [3.05, 3.63) is 80.4 Å². The summed E-state index contributed by atoms with van der Waals surface area (Å²) in [4.78, 5) is 41.3. The number of carbonyl (C=O) groups excluding carboxylic acids is 1. The van der Waals surface area contributed by atoms with Gasteiger partial charge in [0.1, 0.15) is 5.56 Å². The largest absolute Gasteiger partial charge is 0.333 e. The van der Waals surface area contributed by atoms with Gasteiger partial charge in [0.25, 0.3) is 11.5 Å². The van der Waals surface area contributed by atoms with E-state index in [0.717, 1.165) is 27.9 Å². The summed E-state index contributed by atoms with van der Waals surface area (Å²) in [5, 5.41) is 4.55. The van der Waals surface area contributed by atoms with Gasteiger partial charge < -0.3 is 9.88 Å². The van der Waals surface area contributed by atoms with Gasteiger partial charge in [-0.05, 0) is 24.0 Å². The second-order valence-corrected chi connectivity index (χ2v) is 8.24. The fourth-order valence-electron chi connectivity index (χ4n) is 3.84. The van der Waals surface area contributed by atoms with E-state index < -0.39 is 17.2 Å². The van der Waals surface area contributed by atoms with Gasteiger partial charge in [0.2, 0.25) is 0 Å². The number of nitrogens with one attached hydrogen (secondary N) is 1. The molecule has 3 aromatic rings. The SMILES string of the molecule is Cn1c(=O)[nH]cc(C(=O)N2Cc3cnn(-c4ccccc4)c3CC(C)(C)C2)c1=O. The second-order valence-electron chi connectivity index (χ2n) is 8.24. The number of H-pyrrole nitrogens is 1. The lowest BCUT2D eigenvalue weighted by Gasteiger charge is -2.29. The van der Waals surface area contributed by atoms with Gasteiger partial charge >= 0.3 is 5.69 Å². The number of aromatic amines is 1. The fraction of sp³-hybridized carbons (Fsp3) is 0.333. The Morgan fingerprint density at radius 3 is 2.62 bits per heavy atom. The van der Waals surface area contributed by atoms with E-state index in [9.17, 15) is 14.4 Å². The average molecular weight is 393 g/mol. The molecule has 1 aliphatic rings. The van der Waals surface area contributed by atoms with Gasteiger partial charge in [-0.25, -0.2) is 9.48 Å². The maximum absolute atomic E-state index is 13.2. The standard InChI is InChI=1S/C21H23N5O3/c1-21(2)9-17-14(10-23-26(17)15-7-5-4-6-8-15)12-25(13-21)19(28)16-11-22-20(29)24(3)18(16)27/h4-8,10-11H,9,12-13H2,1-3H3,(H,22,29). The van der Waals surface area contributed by atoms with E-state index >= 15 is 0 Å². The normalized spacial score (nSPS) is 15.6. The molecular weight excluding hydrogens is 370 g/mol. The Bertz CT molecular complexity index is 1190. The second kappa shape index (κ2) is 6.88. The van der Waals surface area contributed by atoms with Crippen molar-refractivity contribution in [3.63, 3.8) is 0 Å². The number of aromatic nitrogens is 4. The van der Waals surface area contributed by atoms with Gasteiger partial charge in [-0.1, -0.05) is 32.0 Å². The molecule has 0 saturated carbocycles. The Labute approximate surface area is 167 Å². The van der Waals surface area contributed by atoms with Crippen LogP contribution in [0.25, 0.3) is 5.69 Å². The summed E-state index contributed by atoms with van der Waals surface area (Å²) in [6.07, 6.45) is 3.73. The smallest absolute Gasteiger partial charge is 0.328 e. The first-order chi connectivity index (χ1) is 13.8. The topological polar surface area (TPSA) is 93.0 Å². The molecule has 0 unspecified atom stereocenters. The van der Waals surface area contributed by atoms with Crippen molar-refractivity contribution in [2.24, 2.45) is 12.5 Å². The van der Waals surface area contributed by atoms with Crippen LogP contribution in [-0.2, 0) is 20.0 Å². The van der Waals surface area contributed by atoms with Crippen LogP contribution in [0.3, 0.4) is 0 Å². The first-order valence-electron chi connectivity index (χ1n) is 9.46. The molecule has 0 radical (unpaired) electrons. The lowest BCUT2D eigenvalue weighted by molar-refractivity contribution is 0.0677. The highest BCUT2D eigenvalue weighted by molar-refractivity contribution is 5.93. The van der Waals surface area contributed by atoms with Gasteiger partial charge in [-0.2, -0.15) is 5.10 Å². The van der Waals surface area contributed by atoms with Crippen LogP contribution >= 0.6 is 0 Å². The Balaban J connectivity index is 1.75. The van der Waals surface area contributed by atoms with E-state index in [2.05, 4.69) is 23.9 Å². The molecule has 0 saturated heterocycles. The lowest BCUT2D eigenvalue weighted by Crippen LogP contribution is -2.43. The highest BCUT2D eigenvalue weighted by atomic mass is 16.2. The molecule has 0 spiro atoms. The Morgan fingerprint density at radius 2 is 1.90 bits per heavy atom. The van der Waals surface area contributed by atoms with E-state index in [-0.39, 0.29) is 11.0 Å². The minimum absolute atomic E-state index is 0.0400. The van der Waals surface area contributed by atoms with Crippen LogP contribution in [0.15, 0.2) is 52.3 Å². The molecule has 0 atom stereocenters. The van der Waals surface area contributed by atoms with Crippen LogP contribution in [0.2, 0.25) is 0 Å². The first kappa shape index (κ1) is 18.9. The third-order valence-electron chi connectivity index (χ3n) is 5.28. The van der Waals surface area contributed by atoms with Gasteiger partial charge in [0, 0.05) is 37.6 Å². The molecule has 29 heavy (non-hydrogen) atoms. The summed E-state index contributed by atoms with van der Waals surface area (Å²) in [6, 6.07) is 9.89. The zero-order chi connectivity index (χ0) is 20.8. The van der Waals surface area contributed by atoms with Crippen LogP contribution in [-0.4, -0.2) is 36.7 Å². The van der Waals surface area contributed by atoms with Gasteiger partial charge in [0.05, 0.1) is 11.9 Å². The average Bonchev–Trinajstić information content (AvgIpc) is 3.01. The van der Waals surface area contributed by atoms with Crippen molar-refractivity contribution in [2.45, 2.75) is 26.8 Å². The molecule has 4 rings (SSSR count). The zero-order valence-electron chi connectivity index (χ0n) is 16.7. The molecule has 2 aromatic heterocycles. The molecule has 0 fully saturated rings. The van der Waals surface area contributed by atoms with Crippen molar-refractivity contribution >= 4 is 5.91 Å². The van der Waals surface area contributed by atoms with Crippen molar-refractivity contribution in [2.75, 3.05) is 6.54 Å². The van der Waals surface area contributed by atoms with Gasteiger partial charge in [-0.3, -0.25) is 14.2 Å². The minimum atomic E-state index is -0.596. The summed E-state index contributed by atoms with van der Waals surface area (Å²) >= 11 is 0. The van der Waals surface area contributed by atoms with Crippen LogP contribution in [0.4, 0.5) is 0 Å². The lowest BCUT2D eigenvalue weighted by atomic mass is 9.87. The molecule has 1 N–H and O–H groups in total. The van der Waals surface area contributed by atoms with E-state index in [4.69, 9.17) is 0 Å². The zero-order valence-corrected chi connectivity index (χ0v) is 16.7. The summed E-state index contributed by atoms with van der Waals surface area (Å²) in [6.45, 7) is 5.02. The molecule has 8 nitrogen and oxygen atoms in total. The minimum Gasteiger partial charge on any atom is -0.333 e. The number of nitrogens with zero attached hydrogens (tertiary/aromatic N) is 4. The maximum atomic E-state index is 13.2. The Morgan fingerprint density at radius 1 is 1.17 bits per heavy atom. The van der Waals surface area contributed by atoms with Crippen molar-refractivity contribution in [3.8, 4) is 5.69 Å². The van der Waals surface area contributed by atoms with E-state index in [1.54, 1.807) is 11.1 Å². The number of benzene rings is 1. The number of carbonyl (C=O) groups is 1. The molecular formula is C21H23N5O3. The van der Waals surface area contributed by atoms with Crippen LogP contribution < -0.4 is 11.2 Å².